The van der Waals surface area contributed by atoms with Crippen LogP contribution in [0.2, 0.25) is 0 Å². The lowest BCUT2D eigenvalue weighted by atomic mass is 9.95. The number of aromatic nitrogens is 3. The zero-order valence-corrected chi connectivity index (χ0v) is 19.0. The molecule has 176 valence electrons. The molecule has 1 aliphatic rings. The molecule has 0 spiro atoms. The van der Waals surface area contributed by atoms with Crippen molar-refractivity contribution in [2.45, 2.75) is 39.9 Å². The van der Waals surface area contributed by atoms with Crippen LogP contribution in [0.3, 0.4) is 0 Å². The van der Waals surface area contributed by atoms with E-state index >= 15 is 0 Å². The first-order valence-electron chi connectivity index (χ1n) is 10.8. The number of nitrogens with one attached hydrogen (secondary N) is 2. The molecule has 0 radical (unpaired) electrons. The molecular formula is C23H27F3N6O. The summed E-state index contributed by atoms with van der Waals surface area (Å²) >= 11 is 0. The largest absolute Gasteiger partial charge is 0.418 e. The van der Waals surface area contributed by atoms with Gasteiger partial charge in [0, 0.05) is 36.7 Å². The molecule has 33 heavy (non-hydrogen) atoms. The number of hydrogen-bond donors (Lipinski definition) is 2. The molecule has 0 aliphatic carbocycles. The number of fused-ring (bicyclic) bond motifs is 1. The molecule has 1 unspecified atom stereocenters. The predicted octanol–water partition coefficient (Wildman–Crippen LogP) is 4.20. The van der Waals surface area contributed by atoms with E-state index in [4.69, 9.17) is 0 Å². The number of carbonyl (C=O) groups is 1. The summed E-state index contributed by atoms with van der Waals surface area (Å²) < 4.78 is 42.3. The fourth-order valence-corrected chi connectivity index (χ4v) is 3.71. The highest BCUT2D eigenvalue weighted by molar-refractivity contribution is 5.96. The molecule has 1 fully saturated rings. The maximum absolute atomic E-state index is 13.6. The van der Waals surface area contributed by atoms with Gasteiger partial charge in [0.25, 0.3) is 0 Å². The lowest BCUT2D eigenvalue weighted by Crippen LogP contribution is -2.50. The summed E-state index contributed by atoms with van der Waals surface area (Å²) in [6.07, 6.45) is -2.92. The van der Waals surface area contributed by atoms with E-state index in [1.807, 2.05) is 12.1 Å². The molecule has 3 heterocycles. The Morgan fingerprint density at radius 2 is 1.94 bits per heavy atom. The second-order valence-electron chi connectivity index (χ2n) is 9.33. The average molecular weight is 461 g/mol. The van der Waals surface area contributed by atoms with E-state index < -0.39 is 23.1 Å². The number of anilines is 2. The first-order chi connectivity index (χ1) is 15.4. The van der Waals surface area contributed by atoms with Crippen molar-refractivity contribution in [1.82, 2.24) is 19.9 Å². The smallest absolute Gasteiger partial charge is 0.350 e. The molecular weight excluding hydrogens is 433 g/mol. The van der Waals surface area contributed by atoms with Crippen LogP contribution in [-0.4, -0.2) is 46.2 Å². The standard InChI is InChI=1S/C23H27F3N6O/c1-14-12-27-9-10-31(14)20-8-7-19-28-18(13-32(19)30-20)15-5-6-16(23(24,25)26)17(11-15)29-21(33)22(2,3)4/h5-8,11,13-14,27H,9-10,12H2,1-4H3,(H,29,33). The van der Waals surface area contributed by atoms with Crippen molar-refractivity contribution in [3.05, 3.63) is 42.1 Å². The maximum Gasteiger partial charge on any atom is 0.418 e. The zero-order chi connectivity index (χ0) is 24.0. The summed E-state index contributed by atoms with van der Waals surface area (Å²) in [4.78, 5) is 19.1. The van der Waals surface area contributed by atoms with Crippen LogP contribution in [0.15, 0.2) is 36.5 Å². The van der Waals surface area contributed by atoms with Crippen LogP contribution in [0.5, 0.6) is 0 Å². The number of hydrogen-bond acceptors (Lipinski definition) is 5. The Morgan fingerprint density at radius 3 is 2.61 bits per heavy atom. The van der Waals surface area contributed by atoms with E-state index in [1.165, 1.54) is 12.1 Å². The highest BCUT2D eigenvalue weighted by Crippen LogP contribution is 2.37. The quantitative estimate of drug-likeness (QED) is 0.613. The van der Waals surface area contributed by atoms with Gasteiger partial charge >= 0.3 is 6.18 Å². The number of alkyl halides is 3. The molecule has 1 atom stereocenters. The Kier molecular flexibility index (Phi) is 5.81. The van der Waals surface area contributed by atoms with Crippen LogP contribution in [0.4, 0.5) is 24.7 Å². The van der Waals surface area contributed by atoms with Gasteiger partial charge in [-0.05, 0) is 31.2 Å². The molecule has 10 heteroatoms. The van der Waals surface area contributed by atoms with Crippen LogP contribution in [0.25, 0.3) is 16.9 Å². The number of piperazine rings is 1. The third-order valence-electron chi connectivity index (χ3n) is 5.65. The van der Waals surface area contributed by atoms with Gasteiger partial charge in [0.05, 0.1) is 23.1 Å². The third-order valence-corrected chi connectivity index (χ3v) is 5.65. The fraction of sp³-hybridized carbons (Fsp3) is 0.435. The van der Waals surface area contributed by atoms with Gasteiger partial charge in [-0.3, -0.25) is 4.79 Å². The maximum atomic E-state index is 13.6. The van der Waals surface area contributed by atoms with E-state index in [0.29, 0.717) is 16.9 Å². The molecule has 4 rings (SSSR count). The number of rotatable bonds is 3. The summed E-state index contributed by atoms with van der Waals surface area (Å²) in [5.74, 6) is 0.308. The molecule has 2 aromatic heterocycles. The Labute approximate surface area is 190 Å². The van der Waals surface area contributed by atoms with Crippen molar-refractivity contribution in [2.75, 3.05) is 29.9 Å². The normalized spacial score (nSPS) is 17.4. The number of amides is 1. The first-order valence-corrected chi connectivity index (χ1v) is 10.8. The highest BCUT2D eigenvalue weighted by Gasteiger charge is 2.35. The van der Waals surface area contributed by atoms with E-state index in [0.717, 1.165) is 31.5 Å². The number of imidazole rings is 1. The van der Waals surface area contributed by atoms with Crippen LogP contribution in [-0.2, 0) is 11.0 Å². The molecule has 1 saturated heterocycles. The van der Waals surface area contributed by atoms with E-state index in [9.17, 15) is 18.0 Å². The number of carbonyl (C=O) groups excluding carboxylic acids is 1. The number of halogens is 3. The Balaban J connectivity index is 1.71. The van der Waals surface area contributed by atoms with Crippen LogP contribution in [0.1, 0.15) is 33.3 Å². The van der Waals surface area contributed by atoms with Crippen molar-refractivity contribution >= 4 is 23.1 Å². The second-order valence-corrected chi connectivity index (χ2v) is 9.33. The summed E-state index contributed by atoms with van der Waals surface area (Å²) in [5.41, 5.74) is -0.538. The molecule has 2 N–H and O–H groups in total. The Morgan fingerprint density at radius 1 is 1.18 bits per heavy atom. The predicted molar refractivity (Wildman–Crippen MR) is 121 cm³/mol. The minimum absolute atomic E-state index is 0.288. The first kappa shape index (κ1) is 23.0. The van der Waals surface area contributed by atoms with E-state index in [2.05, 4.69) is 32.5 Å². The molecule has 1 amide bonds. The minimum atomic E-state index is -4.60. The van der Waals surface area contributed by atoms with Gasteiger partial charge < -0.3 is 15.5 Å². The Hall–Kier alpha value is -3.14. The summed E-state index contributed by atoms with van der Waals surface area (Å²) in [6.45, 7) is 9.61. The van der Waals surface area contributed by atoms with Gasteiger partial charge in [0.1, 0.15) is 5.82 Å². The molecule has 7 nitrogen and oxygen atoms in total. The fourth-order valence-electron chi connectivity index (χ4n) is 3.71. The minimum Gasteiger partial charge on any atom is -0.350 e. The molecule has 0 bridgehead atoms. The third kappa shape index (κ3) is 4.80. The topological polar surface area (TPSA) is 74.6 Å². The van der Waals surface area contributed by atoms with E-state index in [-0.39, 0.29) is 11.7 Å². The van der Waals surface area contributed by atoms with E-state index in [1.54, 1.807) is 31.5 Å². The second kappa shape index (κ2) is 8.33. The average Bonchev–Trinajstić information content (AvgIpc) is 3.16. The molecule has 1 aromatic carbocycles. The van der Waals surface area contributed by atoms with Gasteiger partial charge in [0.15, 0.2) is 5.65 Å². The van der Waals surface area contributed by atoms with Crippen molar-refractivity contribution < 1.29 is 18.0 Å². The summed E-state index contributed by atoms with van der Waals surface area (Å²) in [7, 11) is 0. The van der Waals surface area contributed by atoms with Crippen molar-refractivity contribution in [1.29, 1.82) is 0 Å². The van der Waals surface area contributed by atoms with Crippen molar-refractivity contribution in [3.8, 4) is 11.3 Å². The zero-order valence-electron chi connectivity index (χ0n) is 19.0. The highest BCUT2D eigenvalue weighted by atomic mass is 19.4. The van der Waals surface area contributed by atoms with Gasteiger partial charge in [-0.25, -0.2) is 9.50 Å². The van der Waals surface area contributed by atoms with Gasteiger partial charge in [-0.15, -0.1) is 5.10 Å². The van der Waals surface area contributed by atoms with Crippen molar-refractivity contribution in [3.63, 3.8) is 0 Å². The summed E-state index contributed by atoms with van der Waals surface area (Å²) in [6, 6.07) is 7.67. The molecule has 3 aromatic rings. The SMILES string of the molecule is CC1CNCCN1c1ccc2nc(-c3ccc(C(F)(F)F)c(NC(=O)C(C)(C)C)c3)cn2n1. The lowest BCUT2D eigenvalue weighted by Gasteiger charge is -2.34. The monoisotopic (exact) mass is 460 g/mol. The van der Waals surface area contributed by atoms with Gasteiger partial charge in [-0.1, -0.05) is 26.8 Å². The van der Waals surface area contributed by atoms with Crippen LogP contribution < -0.4 is 15.5 Å². The number of nitrogens with zero attached hydrogens (tertiary/aromatic N) is 4. The van der Waals surface area contributed by atoms with Crippen LogP contribution in [0, 0.1) is 5.41 Å². The van der Waals surface area contributed by atoms with Crippen molar-refractivity contribution in [2.24, 2.45) is 5.41 Å². The van der Waals surface area contributed by atoms with Gasteiger partial charge in [0.2, 0.25) is 5.91 Å². The Bertz CT molecular complexity index is 1180. The summed E-state index contributed by atoms with van der Waals surface area (Å²) in [5, 5.41) is 10.4. The molecule has 0 saturated carbocycles. The molecule has 1 aliphatic heterocycles. The van der Waals surface area contributed by atoms with Crippen LogP contribution >= 0.6 is 0 Å². The number of benzene rings is 1. The lowest BCUT2D eigenvalue weighted by molar-refractivity contribution is -0.137. The van der Waals surface area contributed by atoms with Gasteiger partial charge in [-0.2, -0.15) is 13.2 Å².